The molecule has 0 rings (SSSR count). The standard InChI is InChI=1S/C7H16Si/c1-3-5-6-7-8-4-2/h4H,2-3,5-8H2,1H3. The van der Waals surface area contributed by atoms with Crippen LogP contribution in [0.25, 0.3) is 0 Å². The lowest BCUT2D eigenvalue weighted by Crippen LogP contribution is -1.81. The van der Waals surface area contributed by atoms with Crippen LogP contribution in [0.1, 0.15) is 26.2 Å². The zero-order valence-corrected chi connectivity index (χ0v) is 7.23. The molecule has 0 amide bonds. The predicted molar refractivity (Wildman–Crippen MR) is 43.1 cm³/mol. The number of unbranched alkanes of at least 4 members (excludes halogenated alkanes) is 2. The smallest absolute Gasteiger partial charge is 0.0446 e. The highest BCUT2D eigenvalue weighted by Gasteiger charge is 1.82. The van der Waals surface area contributed by atoms with Gasteiger partial charge in [0, 0.05) is 9.52 Å². The van der Waals surface area contributed by atoms with Crippen LogP contribution in [0, 0.1) is 0 Å². The van der Waals surface area contributed by atoms with Gasteiger partial charge in [-0.2, -0.15) is 0 Å². The maximum Gasteiger partial charge on any atom is 0.0446 e. The molecule has 48 valence electrons. The fourth-order valence-corrected chi connectivity index (χ4v) is 1.65. The Morgan fingerprint density at radius 3 is 2.75 bits per heavy atom. The quantitative estimate of drug-likeness (QED) is 0.392. The molecule has 0 saturated heterocycles. The molecule has 0 unspecified atom stereocenters. The van der Waals surface area contributed by atoms with Crippen molar-refractivity contribution in [2.24, 2.45) is 0 Å². The van der Waals surface area contributed by atoms with Gasteiger partial charge >= 0.3 is 0 Å². The van der Waals surface area contributed by atoms with E-state index in [1.54, 1.807) is 0 Å². The highest BCUT2D eigenvalue weighted by Crippen LogP contribution is 1.97. The lowest BCUT2D eigenvalue weighted by atomic mass is 10.3. The van der Waals surface area contributed by atoms with Crippen LogP contribution < -0.4 is 0 Å². The predicted octanol–water partition coefficient (Wildman–Crippen LogP) is 1.91. The van der Waals surface area contributed by atoms with Crippen LogP contribution in [0.3, 0.4) is 0 Å². The van der Waals surface area contributed by atoms with E-state index >= 15 is 0 Å². The van der Waals surface area contributed by atoms with Crippen molar-refractivity contribution in [1.82, 2.24) is 0 Å². The number of rotatable bonds is 5. The minimum Gasteiger partial charge on any atom is -0.109 e. The summed E-state index contributed by atoms with van der Waals surface area (Å²) >= 11 is 0. The fraction of sp³-hybridized carbons (Fsp3) is 0.714. The van der Waals surface area contributed by atoms with Crippen molar-refractivity contribution in [1.29, 1.82) is 0 Å². The van der Waals surface area contributed by atoms with Crippen molar-refractivity contribution in [3.05, 3.63) is 12.3 Å². The second-order valence-corrected chi connectivity index (χ2v) is 4.00. The second-order valence-electron chi connectivity index (χ2n) is 2.14. The molecule has 0 aliphatic rings. The van der Waals surface area contributed by atoms with Gasteiger partial charge < -0.3 is 0 Å². The van der Waals surface area contributed by atoms with E-state index in [9.17, 15) is 0 Å². The van der Waals surface area contributed by atoms with Crippen molar-refractivity contribution in [3.8, 4) is 0 Å². The van der Waals surface area contributed by atoms with E-state index in [0.29, 0.717) is 0 Å². The van der Waals surface area contributed by atoms with Gasteiger partial charge in [-0.1, -0.05) is 32.2 Å². The molecule has 0 aromatic heterocycles. The Kier molecular flexibility index (Phi) is 6.92. The van der Waals surface area contributed by atoms with Crippen LogP contribution in [-0.2, 0) is 0 Å². The van der Waals surface area contributed by atoms with E-state index in [0.717, 1.165) is 0 Å². The van der Waals surface area contributed by atoms with E-state index in [1.807, 2.05) is 0 Å². The Bertz CT molecular complexity index is 50.3. The Hall–Kier alpha value is -0.0431. The van der Waals surface area contributed by atoms with Crippen LogP contribution in [0.2, 0.25) is 6.04 Å². The minimum absolute atomic E-state index is 0.165. The molecule has 0 aromatic rings. The Labute approximate surface area is 54.8 Å². The van der Waals surface area contributed by atoms with Crippen molar-refractivity contribution < 1.29 is 0 Å². The van der Waals surface area contributed by atoms with Crippen LogP contribution in [0.5, 0.6) is 0 Å². The maximum atomic E-state index is 3.72. The molecule has 8 heavy (non-hydrogen) atoms. The molecule has 1 heteroatoms. The summed E-state index contributed by atoms with van der Waals surface area (Å²) in [5.74, 6) is 0. The molecule has 0 nitrogen and oxygen atoms in total. The molecule has 0 bridgehead atoms. The first kappa shape index (κ1) is 7.96. The summed E-state index contributed by atoms with van der Waals surface area (Å²) in [4.78, 5) is 0. The van der Waals surface area contributed by atoms with Crippen molar-refractivity contribution in [3.63, 3.8) is 0 Å². The molecule has 0 fully saturated rings. The molecule has 0 N–H and O–H groups in total. The maximum absolute atomic E-state index is 3.72. The minimum atomic E-state index is 0.165. The second kappa shape index (κ2) is 6.96. The molecule has 0 spiro atoms. The molecule has 0 saturated carbocycles. The van der Waals surface area contributed by atoms with E-state index in [4.69, 9.17) is 0 Å². The average Bonchev–Trinajstić information content (AvgIpc) is 1.81. The normalized spacial score (nSPS) is 10.6. The summed E-state index contributed by atoms with van der Waals surface area (Å²) in [6, 6.07) is 1.47. The summed E-state index contributed by atoms with van der Waals surface area (Å²) in [5.41, 5.74) is 2.13. The van der Waals surface area contributed by atoms with Gasteiger partial charge in [-0.3, -0.25) is 0 Å². The first-order chi connectivity index (χ1) is 3.91. The molecular weight excluding hydrogens is 112 g/mol. The number of hydrogen-bond acceptors (Lipinski definition) is 0. The SMILES string of the molecule is C=C[SiH2]CCCCC. The Balaban J connectivity index is 2.62. The van der Waals surface area contributed by atoms with Crippen LogP contribution in [0.15, 0.2) is 12.3 Å². The summed E-state index contributed by atoms with van der Waals surface area (Å²) < 4.78 is 0. The van der Waals surface area contributed by atoms with E-state index in [1.165, 1.54) is 25.3 Å². The third-order valence-corrected chi connectivity index (χ3v) is 2.58. The largest absolute Gasteiger partial charge is 0.109 e. The monoisotopic (exact) mass is 128 g/mol. The average molecular weight is 128 g/mol. The van der Waals surface area contributed by atoms with Crippen molar-refractivity contribution in [2.75, 3.05) is 0 Å². The van der Waals surface area contributed by atoms with Gasteiger partial charge in [-0.05, 0) is 0 Å². The zero-order valence-electron chi connectivity index (χ0n) is 5.82. The van der Waals surface area contributed by atoms with Gasteiger partial charge in [0.25, 0.3) is 0 Å². The van der Waals surface area contributed by atoms with Crippen LogP contribution in [-0.4, -0.2) is 9.52 Å². The first-order valence-electron chi connectivity index (χ1n) is 3.52. The van der Waals surface area contributed by atoms with Gasteiger partial charge in [-0.15, -0.1) is 12.3 Å². The molecule has 0 heterocycles. The van der Waals surface area contributed by atoms with Gasteiger partial charge in [0.1, 0.15) is 0 Å². The highest BCUT2D eigenvalue weighted by atomic mass is 28.2. The van der Waals surface area contributed by atoms with Crippen LogP contribution >= 0.6 is 0 Å². The topological polar surface area (TPSA) is 0 Å². The Morgan fingerprint density at radius 1 is 1.50 bits per heavy atom. The molecule has 0 radical (unpaired) electrons. The van der Waals surface area contributed by atoms with Crippen molar-refractivity contribution >= 4 is 9.52 Å². The van der Waals surface area contributed by atoms with E-state index < -0.39 is 0 Å². The molecule has 0 aromatic carbocycles. The van der Waals surface area contributed by atoms with Crippen LogP contribution in [0.4, 0.5) is 0 Å². The lowest BCUT2D eigenvalue weighted by Gasteiger charge is -1.91. The van der Waals surface area contributed by atoms with Crippen molar-refractivity contribution in [2.45, 2.75) is 32.2 Å². The summed E-state index contributed by atoms with van der Waals surface area (Å²) in [7, 11) is 0.165. The van der Waals surface area contributed by atoms with E-state index in [2.05, 4.69) is 19.2 Å². The van der Waals surface area contributed by atoms with Gasteiger partial charge in [0.05, 0.1) is 0 Å². The lowest BCUT2D eigenvalue weighted by molar-refractivity contribution is 0.769. The highest BCUT2D eigenvalue weighted by molar-refractivity contribution is 6.41. The Morgan fingerprint density at radius 2 is 2.25 bits per heavy atom. The first-order valence-corrected chi connectivity index (χ1v) is 5.34. The fourth-order valence-electron chi connectivity index (χ4n) is 0.715. The number of hydrogen-bond donors (Lipinski definition) is 0. The summed E-state index contributed by atoms with van der Waals surface area (Å²) in [6.07, 6.45) is 4.21. The summed E-state index contributed by atoms with van der Waals surface area (Å²) in [5, 5.41) is 0. The van der Waals surface area contributed by atoms with E-state index in [-0.39, 0.29) is 9.52 Å². The zero-order chi connectivity index (χ0) is 6.24. The molecule has 0 aliphatic carbocycles. The third kappa shape index (κ3) is 5.96. The molecule has 0 atom stereocenters. The third-order valence-electron chi connectivity index (χ3n) is 1.26. The van der Waals surface area contributed by atoms with Gasteiger partial charge in [0.15, 0.2) is 0 Å². The summed E-state index contributed by atoms with van der Waals surface area (Å²) in [6.45, 7) is 5.97. The molecule has 0 aliphatic heterocycles. The van der Waals surface area contributed by atoms with Gasteiger partial charge in [-0.25, -0.2) is 0 Å². The molecular formula is C7H16Si. The van der Waals surface area contributed by atoms with Gasteiger partial charge in [0.2, 0.25) is 0 Å².